The van der Waals surface area contributed by atoms with Crippen LogP contribution in [0.2, 0.25) is 0 Å². The largest absolute Gasteiger partial charge is 0.384 e. The first kappa shape index (κ1) is 27.1. The van der Waals surface area contributed by atoms with E-state index in [1.807, 2.05) is 36.1 Å². The molecule has 0 bridgehead atoms. The van der Waals surface area contributed by atoms with Crippen molar-refractivity contribution in [2.45, 2.75) is 39.3 Å². The number of fused-ring (bicyclic) bond motifs is 1. The summed E-state index contributed by atoms with van der Waals surface area (Å²) in [5, 5.41) is 14.1. The van der Waals surface area contributed by atoms with E-state index in [1.54, 1.807) is 42.8 Å². The fourth-order valence-electron chi connectivity index (χ4n) is 4.81. The van der Waals surface area contributed by atoms with Crippen LogP contribution in [0.1, 0.15) is 32.9 Å². The zero-order valence-corrected chi connectivity index (χ0v) is 23.0. The second-order valence-corrected chi connectivity index (χ2v) is 10.3. The van der Waals surface area contributed by atoms with Gasteiger partial charge in [0.1, 0.15) is 11.0 Å². The van der Waals surface area contributed by atoms with Crippen molar-refractivity contribution < 1.29 is 9.90 Å². The number of allylic oxidation sites excluding steroid dienone is 1. The van der Waals surface area contributed by atoms with Gasteiger partial charge in [-0.3, -0.25) is 9.59 Å². The Morgan fingerprint density at radius 3 is 2.48 bits per heavy atom. The van der Waals surface area contributed by atoms with Crippen LogP contribution in [0.3, 0.4) is 0 Å². The molecule has 4 aromatic rings. The van der Waals surface area contributed by atoms with E-state index in [9.17, 15) is 14.7 Å². The number of amides is 1. The van der Waals surface area contributed by atoms with E-state index >= 15 is 0 Å². The highest BCUT2D eigenvalue weighted by Gasteiger charge is 2.22. The molecule has 5 rings (SSSR count). The molecule has 208 valence electrons. The molecule has 1 saturated heterocycles. The number of carbonyl (C=O) groups is 1. The number of hydrogen-bond donors (Lipinski definition) is 2. The summed E-state index contributed by atoms with van der Waals surface area (Å²) in [6.45, 7) is 12.3. The summed E-state index contributed by atoms with van der Waals surface area (Å²) < 4.78 is 3.13. The van der Waals surface area contributed by atoms with Crippen molar-refractivity contribution >= 4 is 34.3 Å². The Morgan fingerprint density at radius 2 is 1.82 bits per heavy atom. The molecule has 0 unspecified atom stereocenters. The fraction of sp³-hybridized carbons (Fsp3) is 0.345. The topological polar surface area (TPSA) is 121 Å². The molecule has 1 fully saturated rings. The van der Waals surface area contributed by atoms with E-state index in [0.717, 1.165) is 37.6 Å². The van der Waals surface area contributed by atoms with Crippen molar-refractivity contribution in [3.05, 3.63) is 77.4 Å². The molecule has 4 heterocycles. The summed E-state index contributed by atoms with van der Waals surface area (Å²) in [6.07, 6.45) is 3.67. The number of aliphatic hydroxyl groups is 1. The zero-order chi connectivity index (χ0) is 28.4. The van der Waals surface area contributed by atoms with Crippen molar-refractivity contribution in [3.63, 3.8) is 0 Å². The van der Waals surface area contributed by atoms with Crippen molar-refractivity contribution in [2.75, 3.05) is 36.4 Å². The number of piperazine rings is 1. The van der Waals surface area contributed by atoms with Gasteiger partial charge in [0.25, 0.3) is 5.56 Å². The average Bonchev–Trinajstić information content (AvgIpc) is 3.23. The van der Waals surface area contributed by atoms with E-state index < -0.39 is 5.60 Å². The van der Waals surface area contributed by atoms with Gasteiger partial charge in [0.05, 0.1) is 12.2 Å². The number of rotatable bonds is 8. The van der Waals surface area contributed by atoms with Gasteiger partial charge in [-0.25, -0.2) is 19.3 Å². The third-order valence-electron chi connectivity index (χ3n) is 6.98. The van der Waals surface area contributed by atoms with Crippen molar-refractivity contribution in [3.8, 4) is 5.82 Å². The average molecular weight is 543 g/mol. The van der Waals surface area contributed by atoms with E-state index in [2.05, 4.69) is 31.7 Å². The molecule has 40 heavy (non-hydrogen) atoms. The van der Waals surface area contributed by atoms with Gasteiger partial charge in [-0.2, -0.15) is 4.98 Å². The first-order valence-electron chi connectivity index (χ1n) is 13.4. The Balaban J connectivity index is 1.42. The Hall–Kier alpha value is -4.51. The highest BCUT2D eigenvalue weighted by atomic mass is 16.3. The molecular formula is C29H34N8O3. The normalized spacial score (nSPS) is 14.0. The molecule has 1 aliphatic heterocycles. The molecule has 11 heteroatoms. The quantitative estimate of drug-likeness (QED) is 0.326. The number of hydrogen-bond acceptors (Lipinski definition) is 8. The van der Waals surface area contributed by atoms with Gasteiger partial charge in [0, 0.05) is 50.2 Å². The zero-order valence-electron chi connectivity index (χ0n) is 23.0. The second-order valence-electron chi connectivity index (χ2n) is 10.3. The van der Waals surface area contributed by atoms with Crippen LogP contribution in [0, 0.1) is 0 Å². The summed E-state index contributed by atoms with van der Waals surface area (Å²) in [5.41, 5.74) is 1.32. The lowest BCUT2D eigenvalue weighted by Gasteiger charge is -2.36. The van der Waals surface area contributed by atoms with Gasteiger partial charge in [-0.15, -0.1) is 6.58 Å². The maximum Gasteiger partial charge on any atom is 0.278 e. The van der Waals surface area contributed by atoms with Crippen LogP contribution < -0.4 is 15.8 Å². The summed E-state index contributed by atoms with van der Waals surface area (Å²) in [4.78, 5) is 43.1. The molecule has 0 spiro atoms. The van der Waals surface area contributed by atoms with Gasteiger partial charge in [-0.05, 0) is 50.2 Å². The number of nitrogens with zero attached hydrogens (tertiary/aromatic N) is 7. The first-order chi connectivity index (χ1) is 19.2. The molecule has 1 amide bonds. The maximum atomic E-state index is 13.2. The van der Waals surface area contributed by atoms with E-state index in [0.29, 0.717) is 34.9 Å². The van der Waals surface area contributed by atoms with E-state index in [-0.39, 0.29) is 18.0 Å². The highest BCUT2D eigenvalue weighted by molar-refractivity contribution is 5.77. The summed E-state index contributed by atoms with van der Waals surface area (Å²) in [7, 11) is 0. The number of pyridine rings is 1. The first-order valence-corrected chi connectivity index (χ1v) is 13.4. The molecule has 0 saturated carbocycles. The third kappa shape index (κ3) is 5.32. The van der Waals surface area contributed by atoms with E-state index in [4.69, 9.17) is 0 Å². The van der Waals surface area contributed by atoms with Crippen molar-refractivity contribution in [1.29, 1.82) is 0 Å². The summed E-state index contributed by atoms with van der Waals surface area (Å²) >= 11 is 0. The second kappa shape index (κ2) is 10.9. The molecule has 0 atom stereocenters. The van der Waals surface area contributed by atoms with Crippen LogP contribution in [0.5, 0.6) is 0 Å². The summed E-state index contributed by atoms with van der Waals surface area (Å²) in [6, 6.07) is 13.3. The number of aromatic nitrogens is 5. The SMILES string of the molecule is C=CCn1c(=O)c2cnc(Nc3ccc(N4CCN(C(=O)CC)CC4)cc3)nc2n1-c1cccc(C(C)(C)O)n1. The fourth-order valence-corrected chi connectivity index (χ4v) is 4.81. The van der Waals surface area contributed by atoms with Gasteiger partial charge in [0.2, 0.25) is 11.9 Å². The van der Waals surface area contributed by atoms with Crippen LogP contribution in [0.25, 0.3) is 16.9 Å². The molecule has 11 nitrogen and oxygen atoms in total. The predicted octanol–water partition coefficient (Wildman–Crippen LogP) is 3.19. The number of nitrogens with one attached hydrogen (secondary N) is 1. The predicted molar refractivity (Wildman–Crippen MR) is 155 cm³/mol. The van der Waals surface area contributed by atoms with Crippen molar-refractivity contribution in [2.24, 2.45) is 0 Å². The number of benzene rings is 1. The Bertz CT molecular complexity index is 1590. The van der Waals surface area contributed by atoms with Crippen LogP contribution in [-0.4, -0.2) is 66.4 Å². The Labute approximate surface area is 232 Å². The Kier molecular flexibility index (Phi) is 7.40. The molecular weight excluding hydrogens is 508 g/mol. The standard InChI is InChI=1S/C29H34N8O3/c1-5-14-36-27(39)22-19-30-28(33-26(22)37(36)24-9-7-8-23(32-24)29(3,4)40)31-20-10-12-21(13-11-20)34-15-17-35(18-16-34)25(38)6-2/h5,7-13,19,40H,1,6,14-18H2,2-4H3,(H,30,31,33). The van der Waals surface area contributed by atoms with E-state index in [1.165, 1.54) is 10.9 Å². The van der Waals surface area contributed by atoms with Gasteiger partial charge >= 0.3 is 0 Å². The maximum absolute atomic E-state index is 13.2. The lowest BCUT2D eigenvalue weighted by atomic mass is 10.1. The minimum Gasteiger partial charge on any atom is -0.384 e. The minimum atomic E-state index is -1.16. The number of carbonyl (C=O) groups excluding carboxylic acids is 1. The highest BCUT2D eigenvalue weighted by Crippen LogP contribution is 2.24. The van der Waals surface area contributed by atoms with Crippen molar-refractivity contribution in [1.82, 2.24) is 29.2 Å². The Morgan fingerprint density at radius 1 is 1.10 bits per heavy atom. The molecule has 0 aliphatic carbocycles. The van der Waals surface area contributed by atoms with Crippen LogP contribution in [-0.2, 0) is 16.9 Å². The van der Waals surface area contributed by atoms with Gasteiger partial charge < -0.3 is 20.2 Å². The molecule has 3 aromatic heterocycles. The lowest BCUT2D eigenvalue weighted by Crippen LogP contribution is -2.48. The van der Waals surface area contributed by atoms with Gasteiger partial charge in [-0.1, -0.05) is 19.1 Å². The van der Waals surface area contributed by atoms with Gasteiger partial charge in [0.15, 0.2) is 11.5 Å². The van der Waals surface area contributed by atoms with Crippen LogP contribution in [0.4, 0.5) is 17.3 Å². The smallest absolute Gasteiger partial charge is 0.278 e. The number of anilines is 3. The molecule has 2 N–H and O–H groups in total. The molecule has 1 aromatic carbocycles. The molecule has 0 radical (unpaired) electrons. The molecule has 1 aliphatic rings. The summed E-state index contributed by atoms with van der Waals surface area (Å²) in [5.74, 6) is 0.973. The lowest BCUT2D eigenvalue weighted by molar-refractivity contribution is -0.131. The van der Waals surface area contributed by atoms with Crippen LogP contribution >= 0.6 is 0 Å². The third-order valence-corrected chi connectivity index (χ3v) is 6.98. The van der Waals surface area contributed by atoms with Crippen LogP contribution in [0.15, 0.2) is 66.1 Å². The minimum absolute atomic E-state index is 0.196. The monoisotopic (exact) mass is 542 g/mol.